The lowest BCUT2D eigenvalue weighted by Crippen LogP contribution is -2.16. The van der Waals surface area contributed by atoms with Gasteiger partial charge in [-0.3, -0.25) is 4.79 Å². The third-order valence-electron chi connectivity index (χ3n) is 2.74. The van der Waals surface area contributed by atoms with Gasteiger partial charge in [0.15, 0.2) is 6.61 Å². The van der Waals surface area contributed by atoms with Gasteiger partial charge in [0, 0.05) is 15.7 Å². The number of hydrogen-bond acceptors (Lipinski definition) is 4. The Morgan fingerprint density at radius 3 is 2.64 bits per heavy atom. The van der Waals surface area contributed by atoms with Gasteiger partial charge in [0.05, 0.1) is 13.3 Å². The summed E-state index contributed by atoms with van der Waals surface area (Å²) in [7, 11) is 1.59. The van der Waals surface area contributed by atoms with Crippen molar-refractivity contribution in [2.24, 2.45) is 5.16 Å². The Morgan fingerprint density at radius 1 is 1.23 bits per heavy atom. The minimum absolute atomic E-state index is 0.160. The average Bonchev–Trinajstić information content (AvgIpc) is 2.54. The predicted octanol–water partition coefficient (Wildman–Crippen LogP) is 3.45. The largest absolute Gasteiger partial charge is 0.497 e. The van der Waals surface area contributed by atoms with Gasteiger partial charge < -0.3 is 14.9 Å². The van der Waals surface area contributed by atoms with Gasteiger partial charge in [-0.25, -0.2) is 0 Å². The third kappa shape index (κ3) is 4.89. The molecule has 0 unspecified atom stereocenters. The van der Waals surface area contributed by atoms with E-state index in [4.69, 9.17) is 9.57 Å². The van der Waals surface area contributed by atoms with Gasteiger partial charge in [0.1, 0.15) is 5.75 Å². The first kappa shape index (κ1) is 16.0. The summed E-state index contributed by atoms with van der Waals surface area (Å²) in [5.41, 5.74) is 1.54. The van der Waals surface area contributed by atoms with E-state index in [0.717, 1.165) is 15.8 Å². The molecular weight excluding hydrogens is 348 g/mol. The van der Waals surface area contributed by atoms with Crippen LogP contribution in [0.25, 0.3) is 0 Å². The van der Waals surface area contributed by atoms with Crippen LogP contribution in [0.2, 0.25) is 0 Å². The molecule has 0 atom stereocenters. The van der Waals surface area contributed by atoms with E-state index < -0.39 is 0 Å². The number of ether oxygens (including phenoxy) is 1. The van der Waals surface area contributed by atoms with E-state index in [1.165, 1.54) is 0 Å². The molecule has 0 radical (unpaired) electrons. The van der Waals surface area contributed by atoms with Crippen LogP contribution in [0.3, 0.4) is 0 Å². The number of nitrogens with zero attached hydrogens (tertiary/aromatic N) is 1. The van der Waals surface area contributed by atoms with Crippen LogP contribution >= 0.6 is 15.9 Å². The zero-order valence-electron chi connectivity index (χ0n) is 12.0. The van der Waals surface area contributed by atoms with Crippen molar-refractivity contribution in [3.05, 3.63) is 58.6 Å². The lowest BCUT2D eigenvalue weighted by Gasteiger charge is -2.05. The maximum Gasteiger partial charge on any atom is 0.265 e. The number of oxime groups is 1. The Bertz CT molecular complexity index is 657. The van der Waals surface area contributed by atoms with E-state index in [-0.39, 0.29) is 12.5 Å². The molecule has 2 rings (SSSR count). The van der Waals surface area contributed by atoms with Crippen molar-refractivity contribution >= 4 is 33.7 Å². The quantitative estimate of drug-likeness (QED) is 0.632. The molecule has 0 heterocycles. The number of methoxy groups -OCH3 is 1. The fraction of sp³-hybridized carbons (Fsp3) is 0.125. The summed E-state index contributed by atoms with van der Waals surface area (Å²) in [6, 6.07) is 14.6. The number of benzene rings is 2. The van der Waals surface area contributed by atoms with Crippen LogP contribution in [0.15, 0.2) is 58.2 Å². The highest BCUT2D eigenvalue weighted by molar-refractivity contribution is 9.10. The third-order valence-corrected chi connectivity index (χ3v) is 3.46. The van der Waals surface area contributed by atoms with E-state index in [1.807, 2.05) is 24.3 Å². The summed E-state index contributed by atoms with van der Waals surface area (Å²) in [6.45, 7) is -0.160. The zero-order valence-corrected chi connectivity index (χ0v) is 13.5. The van der Waals surface area contributed by atoms with Gasteiger partial charge in [-0.05, 0) is 30.3 Å². The monoisotopic (exact) mass is 362 g/mol. The minimum atomic E-state index is -0.283. The molecule has 0 saturated heterocycles. The van der Waals surface area contributed by atoms with E-state index in [1.54, 1.807) is 37.6 Å². The van der Waals surface area contributed by atoms with Crippen LogP contribution in [-0.4, -0.2) is 25.8 Å². The second-order valence-corrected chi connectivity index (χ2v) is 5.16. The lowest BCUT2D eigenvalue weighted by molar-refractivity contribution is -0.120. The van der Waals surface area contributed by atoms with Gasteiger partial charge in [0.2, 0.25) is 0 Å². The van der Waals surface area contributed by atoms with Crippen LogP contribution in [-0.2, 0) is 9.63 Å². The first-order valence-electron chi connectivity index (χ1n) is 6.53. The molecule has 2 aromatic rings. The van der Waals surface area contributed by atoms with Gasteiger partial charge >= 0.3 is 0 Å². The average molecular weight is 363 g/mol. The van der Waals surface area contributed by atoms with Gasteiger partial charge in [-0.1, -0.05) is 39.3 Å². The van der Waals surface area contributed by atoms with Crippen LogP contribution in [0.5, 0.6) is 5.75 Å². The number of anilines is 1. The molecule has 22 heavy (non-hydrogen) atoms. The van der Waals surface area contributed by atoms with Crippen molar-refractivity contribution in [2.45, 2.75) is 0 Å². The summed E-state index contributed by atoms with van der Waals surface area (Å²) in [6.07, 6.45) is 1.55. The molecule has 0 spiro atoms. The summed E-state index contributed by atoms with van der Waals surface area (Å²) in [4.78, 5) is 16.7. The molecular formula is C16H15BrN2O3. The summed E-state index contributed by atoms with van der Waals surface area (Å²) < 4.78 is 5.95. The molecule has 0 aliphatic rings. The number of halogens is 1. The van der Waals surface area contributed by atoms with Gasteiger partial charge in [0.25, 0.3) is 5.91 Å². The molecule has 0 fully saturated rings. The highest BCUT2D eigenvalue weighted by atomic mass is 79.9. The SMILES string of the molecule is COc1ccc(NC(=O)CO/N=C\c2ccccc2Br)cc1. The fourth-order valence-electron chi connectivity index (χ4n) is 1.64. The van der Waals surface area contributed by atoms with Gasteiger partial charge in [-0.15, -0.1) is 0 Å². The maximum absolute atomic E-state index is 11.7. The van der Waals surface area contributed by atoms with Crippen LogP contribution in [0.4, 0.5) is 5.69 Å². The van der Waals surface area contributed by atoms with Crippen LogP contribution < -0.4 is 10.1 Å². The molecule has 114 valence electrons. The minimum Gasteiger partial charge on any atom is -0.497 e. The molecule has 0 bridgehead atoms. The number of amides is 1. The van der Waals surface area contributed by atoms with Crippen molar-refractivity contribution in [1.82, 2.24) is 0 Å². The lowest BCUT2D eigenvalue weighted by atomic mass is 10.2. The highest BCUT2D eigenvalue weighted by Crippen LogP contribution is 2.15. The Labute approximate surface area is 137 Å². The van der Waals surface area contributed by atoms with Crippen molar-refractivity contribution < 1.29 is 14.4 Å². The van der Waals surface area contributed by atoms with Crippen LogP contribution in [0, 0.1) is 0 Å². The van der Waals surface area contributed by atoms with Crippen molar-refractivity contribution in [3.63, 3.8) is 0 Å². The van der Waals surface area contributed by atoms with Crippen molar-refractivity contribution in [1.29, 1.82) is 0 Å². The van der Waals surface area contributed by atoms with E-state index in [9.17, 15) is 4.79 Å². The van der Waals surface area contributed by atoms with E-state index >= 15 is 0 Å². The van der Waals surface area contributed by atoms with E-state index in [2.05, 4.69) is 26.4 Å². The van der Waals surface area contributed by atoms with E-state index in [0.29, 0.717) is 5.69 Å². The normalized spacial score (nSPS) is 10.5. The molecule has 6 heteroatoms. The molecule has 5 nitrogen and oxygen atoms in total. The number of rotatable bonds is 6. The topological polar surface area (TPSA) is 59.9 Å². The number of nitrogens with one attached hydrogen (secondary N) is 1. The number of carbonyl (C=O) groups excluding carboxylic acids is 1. The Balaban J connectivity index is 1.79. The molecule has 0 saturated carbocycles. The molecule has 0 aliphatic heterocycles. The second-order valence-electron chi connectivity index (χ2n) is 4.31. The van der Waals surface area contributed by atoms with Crippen molar-refractivity contribution in [2.75, 3.05) is 19.0 Å². The number of hydrogen-bond donors (Lipinski definition) is 1. The Kier molecular flexibility index (Phi) is 5.97. The standard InChI is InChI=1S/C16H15BrN2O3/c1-21-14-8-6-13(7-9-14)19-16(20)11-22-18-10-12-4-2-3-5-15(12)17/h2-10H,11H2,1H3,(H,19,20)/b18-10-. The second kappa shape index (κ2) is 8.19. The molecule has 2 aromatic carbocycles. The highest BCUT2D eigenvalue weighted by Gasteiger charge is 2.03. The molecule has 0 aliphatic carbocycles. The van der Waals surface area contributed by atoms with Gasteiger partial charge in [-0.2, -0.15) is 0 Å². The maximum atomic E-state index is 11.7. The fourth-order valence-corrected chi connectivity index (χ4v) is 2.03. The molecule has 0 aromatic heterocycles. The molecule has 1 amide bonds. The summed E-state index contributed by atoms with van der Waals surface area (Å²) >= 11 is 3.40. The summed E-state index contributed by atoms with van der Waals surface area (Å²) in [5, 5.41) is 6.48. The molecule has 1 N–H and O–H groups in total. The van der Waals surface area contributed by atoms with Crippen LogP contribution in [0.1, 0.15) is 5.56 Å². The Morgan fingerprint density at radius 2 is 1.95 bits per heavy atom. The van der Waals surface area contributed by atoms with Crippen molar-refractivity contribution in [3.8, 4) is 5.75 Å². The zero-order chi connectivity index (χ0) is 15.8. The smallest absolute Gasteiger partial charge is 0.265 e. The first-order chi connectivity index (χ1) is 10.7. The Hall–Kier alpha value is -2.34. The number of carbonyl (C=O) groups is 1. The first-order valence-corrected chi connectivity index (χ1v) is 7.32. The predicted molar refractivity (Wildman–Crippen MR) is 89.3 cm³/mol. The summed E-state index contributed by atoms with van der Waals surface area (Å²) in [5.74, 6) is 0.446.